The number of rotatable bonds is 5. The molecule has 0 amide bonds. The average molecular weight is 219 g/mol. The molecule has 1 saturated carbocycles. The smallest absolute Gasteiger partial charge is 0.119 e. The summed E-state index contributed by atoms with van der Waals surface area (Å²) in [4.78, 5) is 0. The maximum atomic E-state index is 5.83. The highest BCUT2D eigenvalue weighted by atomic mass is 16.5. The molecule has 88 valence electrons. The Hall–Kier alpha value is -1.02. The lowest BCUT2D eigenvalue weighted by Crippen LogP contribution is -2.24. The molecule has 1 unspecified atom stereocenters. The van der Waals surface area contributed by atoms with Crippen LogP contribution in [0.2, 0.25) is 0 Å². The van der Waals surface area contributed by atoms with Crippen LogP contribution in [0.1, 0.15) is 44.2 Å². The van der Waals surface area contributed by atoms with Gasteiger partial charge in [0.2, 0.25) is 0 Å². The minimum Gasteiger partial charge on any atom is -0.490 e. The Bertz CT molecular complexity index is 312. The quantitative estimate of drug-likeness (QED) is 0.820. The van der Waals surface area contributed by atoms with Gasteiger partial charge in [0.15, 0.2) is 0 Å². The zero-order valence-corrected chi connectivity index (χ0v) is 10.2. The highest BCUT2D eigenvalue weighted by Gasteiger charge is 2.18. The zero-order chi connectivity index (χ0) is 11.4. The first-order valence-corrected chi connectivity index (χ1v) is 6.27. The maximum Gasteiger partial charge on any atom is 0.119 e. The molecule has 0 heterocycles. The first-order valence-electron chi connectivity index (χ1n) is 6.27. The Labute approximate surface area is 98.0 Å². The molecule has 0 aromatic heterocycles. The van der Waals surface area contributed by atoms with Crippen LogP contribution < -0.4 is 10.1 Å². The lowest BCUT2D eigenvalue weighted by atomic mass is 9.96. The molecule has 0 saturated heterocycles. The molecule has 0 aliphatic heterocycles. The van der Waals surface area contributed by atoms with E-state index in [1.54, 1.807) is 0 Å². The molecule has 2 rings (SSSR count). The highest BCUT2D eigenvalue weighted by Crippen LogP contribution is 2.26. The summed E-state index contributed by atoms with van der Waals surface area (Å²) in [5.74, 6) is 1.01. The third-order valence-electron chi connectivity index (χ3n) is 3.39. The van der Waals surface area contributed by atoms with E-state index in [1.807, 2.05) is 7.05 Å². The lowest BCUT2D eigenvalue weighted by molar-refractivity contribution is 0.120. The Morgan fingerprint density at radius 2 is 2.00 bits per heavy atom. The number of ether oxygens (including phenoxy) is 1. The minimum absolute atomic E-state index is 0.456. The van der Waals surface area contributed by atoms with Crippen molar-refractivity contribution in [2.24, 2.45) is 0 Å². The van der Waals surface area contributed by atoms with Crippen LogP contribution in [0.4, 0.5) is 0 Å². The van der Waals surface area contributed by atoms with Crippen LogP contribution in [0.15, 0.2) is 24.3 Å². The Balaban J connectivity index is 1.97. The third kappa shape index (κ3) is 2.56. The van der Waals surface area contributed by atoms with Gasteiger partial charge in [0.05, 0.1) is 6.10 Å². The van der Waals surface area contributed by atoms with Gasteiger partial charge in [0.1, 0.15) is 5.75 Å². The SMILES string of the molecule is CCC(NC)c1ccc(OC2CCC2)cc1. The zero-order valence-electron chi connectivity index (χ0n) is 10.2. The molecule has 1 atom stereocenters. The molecule has 1 aliphatic carbocycles. The average Bonchev–Trinajstić information content (AvgIpc) is 2.27. The second-order valence-electron chi connectivity index (χ2n) is 4.49. The van der Waals surface area contributed by atoms with Crippen molar-refractivity contribution in [1.29, 1.82) is 0 Å². The summed E-state index contributed by atoms with van der Waals surface area (Å²) in [6.07, 6.45) is 5.34. The molecular weight excluding hydrogens is 198 g/mol. The van der Waals surface area contributed by atoms with Crippen LogP contribution >= 0.6 is 0 Å². The normalized spacial score (nSPS) is 17.9. The molecule has 2 nitrogen and oxygen atoms in total. The fourth-order valence-corrected chi connectivity index (χ4v) is 2.07. The molecule has 1 aromatic rings. The molecule has 1 aromatic carbocycles. The Morgan fingerprint density at radius 3 is 2.44 bits per heavy atom. The summed E-state index contributed by atoms with van der Waals surface area (Å²) in [6.45, 7) is 2.19. The van der Waals surface area contributed by atoms with Gasteiger partial charge >= 0.3 is 0 Å². The molecule has 1 N–H and O–H groups in total. The summed E-state index contributed by atoms with van der Waals surface area (Å²) >= 11 is 0. The standard InChI is InChI=1S/C14H21NO/c1-3-14(15-2)11-7-9-13(10-8-11)16-12-5-4-6-12/h7-10,12,14-15H,3-6H2,1-2H3. The molecule has 16 heavy (non-hydrogen) atoms. The minimum atomic E-state index is 0.456. The van der Waals surface area contributed by atoms with Gasteiger partial charge in [0.25, 0.3) is 0 Å². The molecule has 1 aliphatic rings. The number of hydrogen-bond acceptors (Lipinski definition) is 2. The molecule has 1 fully saturated rings. The predicted octanol–water partition coefficient (Wildman–Crippen LogP) is 3.29. The Kier molecular flexibility index (Phi) is 3.83. The number of nitrogens with one attached hydrogen (secondary N) is 1. The van der Waals surface area contributed by atoms with E-state index >= 15 is 0 Å². The molecule has 0 radical (unpaired) electrons. The van der Waals surface area contributed by atoms with Gasteiger partial charge in [-0.3, -0.25) is 0 Å². The second-order valence-corrected chi connectivity index (χ2v) is 4.49. The summed E-state index contributed by atoms with van der Waals surface area (Å²) in [6, 6.07) is 8.97. The van der Waals surface area contributed by atoms with Crippen molar-refractivity contribution in [1.82, 2.24) is 5.32 Å². The van der Waals surface area contributed by atoms with E-state index in [2.05, 4.69) is 36.5 Å². The van der Waals surface area contributed by atoms with Crippen molar-refractivity contribution in [3.63, 3.8) is 0 Å². The van der Waals surface area contributed by atoms with E-state index in [-0.39, 0.29) is 0 Å². The van der Waals surface area contributed by atoms with Gasteiger partial charge in [-0.2, -0.15) is 0 Å². The van der Waals surface area contributed by atoms with Gasteiger partial charge < -0.3 is 10.1 Å². The monoisotopic (exact) mass is 219 g/mol. The fourth-order valence-electron chi connectivity index (χ4n) is 2.07. The van der Waals surface area contributed by atoms with Crippen LogP contribution in [0.3, 0.4) is 0 Å². The topological polar surface area (TPSA) is 21.3 Å². The first kappa shape index (κ1) is 11.5. The number of hydrogen-bond donors (Lipinski definition) is 1. The van der Waals surface area contributed by atoms with Crippen molar-refractivity contribution in [2.75, 3.05) is 7.05 Å². The van der Waals surface area contributed by atoms with E-state index < -0.39 is 0 Å². The van der Waals surface area contributed by atoms with Crippen LogP contribution in [-0.4, -0.2) is 13.2 Å². The van der Waals surface area contributed by atoms with Crippen LogP contribution in [-0.2, 0) is 0 Å². The lowest BCUT2D eigenvalue weighted by Gasteiger charge is -2.26. The Morgan fingerprint density at radius 1 is 1.31 bits per heavy atom. The van der Waals surface area contributed by atoms with E-state index in [9.17, 15) is 0 Å². The highest BCUT2D eigenvalue weighted by molar-refractivity contribution is 5.29. The van der Waals surface area contributed by atoms with Gasteiger partial charge in [-0.15, -0.1) is 0 Å². The van der Waals surface area contributed by atoms with Gasteiger partial charge in [-0.25, -0.2) is 0 Å². The summed E-state index contributed by atoms with van der Waals surface area (Å²) < 4.78 is 5.83. The number of benzene rings is 1. The van der Waals surface area contributed by atoms with Gasteiger partial charge in [-0.05, 0) is 50.4 Å². The summed E-state index contributed by atoms with van der Waals surface area (Å²) in [5.41, 5.74) is 1.34. The summed E-state index contributed by atoms with van der Waals surface area (Å²) in [7, 11) is 2.01. The van der Waals surface area contributed by atoms with E-state index in [4.69, 9.17) is 4.74 Å². The largest absolute Gasteiger partial charge is 0.490 e. The fraction of sp³-hybridized carbons (Fsp3) is 0.571. The van der Waals surface area contributed by atoms with E-state index in [0.717, 1.165) is 12.2 Å². The summed E-state index contributed by atoms with van der Waals surface area (Å²) in [5, 5.41) is 3.31. The third-order valence-corrected chi connectivity index (χ3v) is 3.39. The van der Waals surface area contributed by atoms with Crippen molar-refractivity contribution in [2.45, 2.75) is 44.8 Å². The van der Waals surface area contributed by atoms with Crippen molar-refractivity contribution in [3.8, 4) is 5.75 Å². The van der Waals surface area contributed by atoms with Crippen LogP contribution in [0.25, 0.3) is 0 Å². The van der Waals surface area contributed by atoms with Crippen LogP contribution in [0, 0.1) is 0 Å². The molecular formula is C14H21NO. The van der Waals surface area contributed by atoms with E-state index in [0.29, 0.717) is 12.1 Å². The maximum absolute atomic E-state index is 5.83. The van der Waals surface area contributed by atoms with Crippen LogP contribution in [0.5, 0.6) is 5.75 Å². The van der Waals surface area contributed by atoms with Gasteiger partial charge in [0, 0.05) is 6.04 Å². The van der Waals surface area contributed by atoms with Gasteiger partial charge in [-0.1, -0.05) is 19.1 Å². The molecule has 0 bridgehead atoms. The molecule has 2 heteroatoms. The van der Waals surface area contributed by atoms with Crippen molar-refractivity contribution in [3.05, 3.63) is 29.8 Å². The van der Waals surface area contributed by atoms with Crippen molar-refractivity contribution < 1.29 is 4.74 Å². The predicted molar refractivity (Wildman–Crippen MR) is 66.8 cm³/mol. The first-order chi connectivity index (χ1) is 7.83. The second kappa shape index (κ2) is 5.35. The van der Waals surface area contributed by atoms with Crippen molar-refractivity contribution >= 4 is 0 Å². The molecule has 0 spiro atoms. The van der Waals surface area contributed by atoms with E-state index in [1.165, 1.54) is 24.8 Å².